The second kappa shape index (κ2) is 7.84. The van der Waals surface area contributed by atoms with Crippen LogP contribution in [0.2, 0.25) is 0 Å². The average molecular weight is 303 g/mol. The summed E-state index contributed by atoms with van der Waals surface area (Å²) in [4.78, 5) is 0. The van der Waals surface area contributed by atoms with Crippen LogP contribution in [0.5, 0.6) is 11.5 Å². The van der Waals surface area contributed by atoms with E-state index in [0.29, 0.717) is 6.04 Å². The first-order valence-corrected chi connectivity index (χ1v) is 7.58. The van der Waals surface area contributed by atoms with Crippen molar-refractivity contribution in [3.63, 3.8) is 0 Å². The van der Waals surface area contributed by atoms with Crippen molar-refractivity contribution in [2.45, 2.75) is 32.9 Å². The van der Waals surface area contributed by atoms with Gasteiger partial charge in [0.05, 0.1) is 20.4 Å². The van der Waals surface area contributed by atoms with Gasteiger partial charge in [-0.25, -0.2) is 0 Å². The van der Waals surface area contributed by atoms with Crippen LogP contribution in [-0.2, 0) is 13.0 Å². The smallest absolute Gasteiger partial charge is 0.160 e. The van der Waals surface area contributed by atoms with Gasteiger partial charge in [0.25, 0.3) is 0 Å². The Hall–Kier alpha value is -2.01. The first kappa shape index (κ1) is 16.4. The van der Waals surface area contributed by atoms with Crippen LogP contribution in [0.3, 0.4) is 0 Å². The van der Waals surface area contributed by atoms with E-state index in [9.17, 15) is 0 Å². The SMILES string of the molecule is COc1ccc(CCNCc2cnn(C(C)C)c2)cc1OC. The number of methoxy groups -OCH3 is 2. The van der Waals surface area contributed by atoms with Crippen molar-refractivity contribution in [2.24, 2.45) is 0 Å². The lowest BCUT2D eigenvalue weighted by molar-refractivity contribution is 0.354. The Morgan fingerprint density at radius 2 is 1.91 bits per heavy atom. The van der Waals surface area contributed by atoms with Gasteiger partial charge in [-0.05, 0) is 44.5 Å². The van der Waals surface area contributed by atoms with E-state index in [1.165, 1.54) is 11.1 Å². The van der Waals surface area contributed by atoms with E-state index < -0.39 is 0 Å². The Labute approximate surface area is 132 Å². The van der Waals surface area contributed by atoms with Gasteiger partial charge >= 0.3 is 0 Å². The Morgan fingerprint density at radius 1 is 1.14 bits per heavy atom. The first-order chi connectivity index (χ1) is 10.6. The maximum Gasteiger partial charge on any atom is 0.160 e. The molecule has 0 saturated heterocycles. The molecule has 1 aromatic carbocycles. The van der Waals surface area contributed by atoms with E-state index >= 15 is 0 Å². The van der Waals surface area contributed by atoms with Gasteiger partial charge in [0.2, 0.25) is 0 Å². The van der Waals surface area contributed by atoms with Gasteiger partial charge in [0.1, 0.15) is 0 Å². The van der Waals surface area contributed by atoms with Crippen molar-refractivity contribution in [1.82, 2.24) is 15.1 Å². The maximum atomic E-state index is 5.32. The van der Waals surface area contributed by atoms with Crippen LogP contribution in [0.15, 0.2) is 30.6 Å². The molecule has 5 nitrogen and oxygen atoms in total. The summed E-state index contributed by atoms with van der Waals surface area (Å²) in [7, 11) is 3.31. The molecule has 0 radical (unpaired) electrons. The molecule has 0 atom stereocenters. The Bertz CT molecular complexity index is 593. The van der Waals surface area contributed by atoms with Crippen molar-refractivity contribution < 1.29 is 9.47 Å². The minimum atomic E-state index is 0.403. The monoisotopic (exact) mass is 303 g/mol. The summed E-state index contributed by atoms with van der Waals surface area (Å²) in [5.41, 5.74) is 2.43. The molecule has 0 aliphatic rings. The van der Waals surface area contributed by atoms with Crippen LogP contribution >= 0.6 is 0 Å². The van der Waals surface area contributed by atoms with Gasteiger partial charge in [-0.2, -0.15) is 5.10 Å². The maximum absolute atomic E-state index is 5.32. The molecular formula is C17H25N3O2. The molecule has 120 valence electrons. The van der Waals surface area contributed by atoms with E-state index in [4.69, 9.17) is 9.47 Å². The zero-order valence-electron chi connectivity index (χ0n) is 13.8. The zero-order chi connectivity index (χ0) is 15.9. The van der Waals surface area contributed by atoms with E-state index in [1.807, 2.05) is 23.0 Å². The fourth-order valence-corrected chi connectivity index (χ4v) is 2.25. The molecule has 2 aromatic rings. The third-order valence-electron chi connectivity index (χ3n) is 3.55. The number of aromatic nitrogens is 2. The van der Waals surface area contributed by atoms with Crippen molar-refractivity contribution >= 4 is 0 Å². The summed E-state index contributed by atoms with van der Waals surface area (Å²) in [6.45, 7) is 5.99. The number of ether oxygens (including phenoxy) is 2. The van der Waals surface area contributed by atoms with E-state index in [1.54, 1.807) is 14.2 Å². The van der Waals surface area contributed by atoms with Gasteiger partial charge < -0.3 is 14.8 Å². The fourth-order valence-electron chi connectivity index (χ4n) is 2.25. The van der Waals surface area contributed by atoms with Crippen LogP contribution in [0.1, 0.15) is 31.0 Å². The normalized spacial score (nSPS) is 11.0. The summed E-state index contributed by atoms with van der Waals surface area (Å²) in [6.07, 6.45) is 4.95. The second-order valence-electron chi connectivity index (χ2n) is 5.54. The van der Waals surface area contributed by atoms with Crippen molar-refractivity contribution in [2.75, 3.05) is 20.8 Å². The van der Waals surface area contributed by atoms with Crippen LogP contribution in [-0.4, -0.2) is 30.5 Å². The van der Waals surface area contributed by atoms with Gasteiger partial charge in [0, 0.05) is 24.3 Å². The second-order valence-corrected chi connectivity index (χ2v) is 5.54. The Kier molecular flexibility index (Phi) is 5.83. The highest BCUT2D eigenvalue weighted by Gasteiger charge is 2.05. The predicted octanol–water partition coefficient (Wildman–Crippen LogP) is 2.81. The van der Waals surface area contributed by atoms with E-state index in [0.717, 1.165) is 31.0 Å². The fraction of sp³-hybridized carbons (Fsp3) is 0.471. The molecule has 0 amide bonds. The number of nitrogens with zero attached hydrogens (tertiary/aromatic N) is 2. The summed E-state index contributed by atoms with van der Waals surface area (Å²) in [5.74, 6) is 1.54. The molecule has 5 heteroatoms. The van der Waals surface area contributed by atoms with Crippen molar-refractivity contribution in [3.05, 3.63) is 41.7 Å². The van der Waals surface area contributed by atoms with Gasteiger partial charge in [-0.3, -0.25) is 4.68 Å². The highest BCUT2D eigenvalue weighted by molar-refractivity contribution is 5.42. The summed E-state index contributed by atoms with van der Waals surface area (Å²) >= 11 is 0. The largest absolute Gasteiger partial charge is 0.493 e. The van der Waals surface area contributed by atoms with Gasteiger partial charge in [-0.1, -0.05) is 6.07 Å². The number of hydrogen-bond donors (Lipinski definition) is 1. The predicted molar refractivity (Wildman–Crippen MR) is 87.6 cm³/mol. The van der Waals surface area contributed by atoms with Gasteiger partial charge in [-0.15, -0.1) is 0 Å². The van der Waals surface area contributed by atoms with Crippen molar-refractivity contribution in [3.8, 4) is 11.5 Å². The van der Waals surface area contributed by atoms with Crippen LogP contribution in [0.25, 0.3) is 0 Å². The van der Waals surface area contributed by atoms with Crippen LogP contribution < -0.4 is 14.8 Å². The molecule has 0 bridgehead atoms. The molecule has 0 aliphatic heterocycles. The number of benzene rings is 1. The quantitative estimate of drug-likeness (QED) is 0.762. The lowest BCUT2D eigenvalue weighted by Crippen LogP contribution is -2.16. The molecule has 22 heavy (non-hydrogen) atoms. The van der Waals surface area contributed by atoms with Crippen LogP contribution in [0.4, 0.5) is 0 Å². The molecule has 1 N–H and O–H groups in total. The first-order valence-electron chi connectivity index (χ1n) is 7.58. The lowest BCUT2D eigenvalue weighted by atomic mass is 10.1. The molecule has 1 aromatic heterocycles. The third kappa shape index (κ3) is 4.24. The average Bonchev–Trinajstić information content (AvgIpc) is 3.00. The molecule has 1 heterocycles. The number of hydrogen-bond acceptors (Lipinski definition) is 4. The molecule has 0 spiro atoms. The minimum Gasteiger partial charge on any atom is -0.493 e. The highest BCUT2D eigenvalue weighted by Crippen LogP contribution is 2.27. The number of rotatable bonds is 8. The zero-order valence-corrected chi connectivity index (χ0v) is 13.8. The molecule has 0 aliphatic carbocycles. The molecule has 0 fully saturated rings. The highest BCUT2D eigenvalue weighted by atomic mass is 16.5. The molecule has 2 rings (SSSR count). The molecule has 0 saturated carbocycles. The Balaban J connectivity index is 1.81. The Morgan fingerprint density at radius 3 is 2.55 bits per heavy atom. The lowest BCUT2D eigenvalue weighted by Gasteiger charge is -2.10. The molecular weight excluding hydrogens is 278 g/mol. The van der Waals surface area contributed by atoms with Gasteiger partial charge in [0.15, 0.2) is 11.5 Å². The standard InChI is InChI=1S/C17H25N3O2/c1-13(2)20-12-15(11-19-20)10-18-8-7-14-5-6-16(21-3)17(9-14)22-4/h5-6,9,11-13,18H,7-8,10H2,1-4H3. The number of nitrogens with one attached hydrogen (secondary N) is 1. The van der Waals surface area contributed by atoms with Crippen molar-refractivity contribution in [1.29, 1.82) is 0 Å². The minimum absolute atomic E-state index is 0.403. The summed E-state index contributed by atoms with van der Waals surface area (Å²) < 4.78 is 12.5. The molecule has 0 unspecified atom stereocenters. The summed E-state index contributed by atoms with van der Waals surface area (Å²) in [6, 6.07) is 6.44. The summed E-state index contributed by atoms with van der Waals surface area (Å²) in [5, 5.41) is 7.78. The van der Waals surface area contributed by atoms with E-state index in [-0.39, 0.29) is 0 Å². The van der Waals surface area contributed by atoms with Crippen LogP contribution in [0, 0.1) is 0 Å². The van der Waals surface area contributed by atoms with E-state index in [2.05, 4.69) is 36.5 Å². The third-order valence-corrected chi connectivity index (χ3v) is 3.55. The topological polar surface area (TPSA) is 48.3 Å².